The molecule has 2 aromatic heterocycles. The molecule has 1 aromatic carbocycles. The van der Waals surface area contributed by atoms with Gasteiger partial charge in [-0.05, 0) is 12.1 Å². The Morgan fingerprint density at radius 1 is 0.474 bits per heavy atom. The lowest BCUT2D eigenvalue weighted by Gasteiger charge is -2.44. The van der Waals surface area contributed by atoms with Gasteiger partial charge in [0.15, 0.2) is 49.2 Å². The average molecular weight is 1080 g/mol. The number of carbonyl (C=O) groups excluding carboxylic acids is 10. The molecule has 3 aromatic rings. The van der Waals surface area contributed by atoms with Gasteiger partial charge in [-0.2, -0.15) is 0 Å². The molecular weight excluding hydrogens is 1020 g/mol. The van der Waals surface area contributed by atoms with Crippen molar-refractivity contribution in [1.82, 2.24) is 40.6 Å². The highest BCUT2D eigenvalue weighted by molar-refractivity contribution is 6.07. The number of hydrogen-bond acceptors (Lipinski definition) is 26. The maximum atomic E-state index is 13.4. The lowest BCUT2D eigenvalue weighted by Crippen LogP contribution is -2.63. The van der Waals surface area contributed by atoms with E-state index < -0.39 is 134 Å². The molecule has 2 aliphatic heterocycles. The molecule has 0 saturated carbocycles. The van der Waals surface area contributed by atoms with E-state index in [1.54, 1.807) is 12.1 Å². The Bertz CT molecular complexity index is 2400. The average Bonchev–Trinajstić information content (AvgIpc) is 4.01. The van der Waals surface area contributed by atoms with Crippen LogP contribution in [-0.4, -0.2) is 177 Å². The number of aromatic nitrogens is 6. The summed E-state index contributed by atoms with van der Waals surface area (Å²) in [6, 6.07) is 6.05. The molecule has 2 saturated heterocycles. The van der Waals surface area contributed by atoms with Crippen molar-refractivity contribution < 1.29 is 105 Å². The normalized spacial score (nSPS) is 22.9. The summed E-state index contributed by atoms with van der Waals surface area (Å²) in [6.07, 6.45) is -10.6. The van der Waals surface area contributed by atoms with Crippen LogP contribution < -0.4 is 10.6 Å². The van der Waals surface area contributed by atoms with Crippen LogP contribution >= 0.6 is 0 Å². The van der Waals surface area contributed by atoms with Crippen LogP contribution in [0.15, 0.2) is 36.7 Å². The number of benzene rings is 1. The van der Waals surface area contributed by atoms with Crippen molar-refractivity contribution in [3.63, 3.8) is 0 Å². The highest BCUT2D eigenvalue weighted by Crippen LogP contribution is 2.32. The molecule has 76 heavy (non-hydrogen) atoms. The summed E-state index contributed by atoms with van der Waals surface area (Å²) in [7, 11) is 0. The maximum Gasteiger partial charge on any atom is 0.303 e. The molecule has 10 atom stereocenters. The van der Waals surface area contributed by atoms with Crippen LogP contribution in [0.25, 0.3) is 0 Å². The first-order valence-corrected chi connectivity index (χ1v) is 23.4. The SMILES string of the molecule is CC(=O)OC[C@H]1O[C@@H](OCCn2cc(CNC(=O)c3ccccc3C(=O)NCc3cn(CCO[C@@H]4O[C@H](COC(C)=O)[C@@H](OC(C)=O)[C@H](OC(C)=O)[C@H]4OC(C)=O)nn3)nn2)[C@H](OC(C)=O)[C@@H](OC(C)=O)[C@@H]1OC(C)=O. The molecule has 30 heteroatoms. The first-order chi connectivity index (χ1) is 36.1. The van der Waals surface area contributed by atoms with Crippen LogP contribution in [0.2, 0.25) is 0 Å². The van der Waals surface area contributed by atoms with E-state index in [9.17, 15) is 47.9 Å². The van der Waals surface area contributed by atoms with Gasteiger partial charge in [0, 0.05) is 55.4 Å². The first-order valence-electron chi connectivity index (χ1n) is 23.4. The molecular formula is C46H58N8O22. The van der Waals surface area contributed by atoms with Gasteiger partial charge in [0.05, 0.1) is 62.9 Å². The van der Waals surface area contributed by atoms with Gasteiger partial charge in [-0.25, -0.2) is 9.36 Å². The lowest BCUT2D eigenvalue weighted by atomic mass is 9.98. The molecule has 30 nitrogen and oxygen atoms in total. The zero-order valence-corrected chi connectivity index (χ0v) is 42.6. The molecule has 5 rings (SSSR count). The molecule has 2 fully saturated rings. The first kappa shape index (κ1) is 58.9. The van der Waals surface area contributed by atoms with E-state index in [0.717, 1.165) is 55.4 Å². The summed E-state index contributed by atoms with van der Waals surface area (Å²) >= 11 is 0. The Kier molecular flexibility index (Phi) is 21.8. The molecule has 0 unspecified atom stereocenters. The minimum atomic E-state index is -1.43. The number of hydrogen-bond donors (Lipinski definition) is 2. The Balaban J connectivity index is 1.14. The minimum absolute atomic E-state index is 0.0341. The predicted octanol–water partition coefficient (Wildman–Crippen LogP) is -1.07. The fourth-order valence-electron chi connectivity index (χ4n) is 7.64. The quantitative estimate of drug-likeness (QED) is 0.0796. The van der Waals surface area contributed by atoms with Gasteiger partial charge in [0.2, 0.25) is 0 Å². The third-order valence-electron chi connectivity index (χ3n) is 10.6. The number of nitrogens with zero attached hydrogens (tertiary/aromatic N) is 6. The van der Waals surface area contributed by atoms with Crippen molar-refractivity contribution >= 4 is 59.6 Å². The van der Waals surface area contributed by atoms with Gasteiger partial charge in [-0.15, -0.1) is 10.2 Å². The van der Waals surface area contributed by atoms with Gasteiger partial charge in [0.25, 0.3) is 11.8 Å². The fourth-order valence-corrected chi connectivity index (χ4v) is 7.64. The zero-order chi connectivity index (χ0) is 55.6. The molecule has 0 bridgehead atoms. The Morgan fingerprint density at radius 3 is 1.13 bits per heavy atom. The minimum Gasteiger partial charge on any atom is -0.463 e. The highest BCUT2D eigenvalue weighted by atomic mass is 16.7. The Morgan fingerprint density at radius 2 is 0.803 bits per heavy atom. The topological polar surface area (TPSA) is 367 Å². The monoisotopic (exact) mass is 1070 g/mol. The molecule has 0 radical (unpaired) electrons. The van der Waals surface area contributed by atoms with Crippen LogP contribution in [0, 0.1) is 0 Å². The van der Waals surface area contributed by atoms with Crippen molar-refractivity contribution in [1.29, 1.82) is 0 Å². The van der Waals surface area contributed by atoms with Crippen LogP contribution in [0.5, 0.6) is 0 Å². The predicted molar refractivity (Wildman–Crippen MR) is 245 cm³/mol. The van der Waals surface area contributed by atoms with Crippen LogP contribution in [0.3, 0.4) is 0 Å². The van der Waals surface area contributed by atoms with Gasteiger partial charge in [-0.3, -0.25) is 47.9 Å². The van der Waals surface area contributed by atoms with Crippen molar-refractivity contribution in [3.05, 3.63) is 59.2 Å². The maximum absolute atomic E-state index is 13.4. The second kappa shape index (κ2) is 28.1. The molecule has 414 valence electrons. The summed E-state index contributed by atoms with van der Waals surface area (Å²) in [6.45, 7) is 7.54. The molecule has 0 spiro atoms. The molecule has 2 amide bonds. The Labute approximate surface area is 432 Å². The van der Waals surface area contributed by atoms with Crippen LogP contribution in [-0.2, 0) is 121 Å². The van der Waals surface area contributed by atoms with E-state index in [2.05, 4.69) is 31.3 Å². The van der Waals surface area contributed by atoms with Crippen molar-refractivity contribution in [2.45, 2.75) is 143 Å². The summed E-state index contributed by atoms with van der Waals surface area (Å²) in [5.74, 6) is -7.36. The molecule has 2 aliphatic rings. The lowest BCUT2D eigenvalue weighted by molar-refractivity contribution is -0.308. The van der Waals surface area contributed by atoms with Crippen molar-refractivity contribution in [2.24, 2.45) is 0 Å². The number of amides is 2. The summed E-state index contributed by atoms with van der Waals surface area (Å²) in [5, 5.41) is 21.6. The number of esters is 8. The number of carbonyl (C=O) groups is 10. The van der Waals surface area contributed by atoms with Crippen molar-refractivity contribution in [2.75, 3.05) is 26.4 Å². The highest BCUT2D eigenvalue weighted by Gasteiger charge is 2.54. The largest absolute Gasteiger partial charge is 0.463 e. The smallest absolute Gasteiger partial charge is 0.303 e. The molecule has 2 N–H and O–H groups in total. The third-order valence-corrected chi connectivity index (χ3v) is 10.6. The Hall–Kier alpha value is -7.96. The third kappa shape index (κ3) is 17.9. The van der Waals surface area contributed by atoms with Gasteiger partial charge >= 0.3 is 47.8 Å². The fraction of sp³-hybridized carbons (Fsp3) is 0.565. The molecule has 4 heterocycles. The van der Waals surface area contributed by atoms with Gasteiger partial charge < -0.3 is 67.5 Å². The summed E-state index contributed by atoms with van der Waals surface area (Å²) in [5.41, 5.74) is 0.699. The van der Waals surface area contributed by atoms with Gasteiger partial charge in [0.1, 0.15) is 36.8 Å². The van der Waals surface area contributed by atoms with E-state index in [1.807, 2.05) is 0 Å². The number of ether oxygens (including phenoxy) is 12. The second-order valence-corrected chi connectivity index (χ2v) is 16.7. The zero-order valence-electron chi connectivity index (χ0n) is 42.6. The van der Waals surface area contributed by atoms with E-state index in [-0.39, 0.29) is 50.5 Å². The van der Waals surface area contributed by atoms with E-state index in [1.165, 1.54) is 33.9 Å². The van der Waals surface area contributed by atoms with E-state index in [4.69, 9.17) is 56.8 Å². The standard InChI is InChI=1S/C46H58N8O22/c1-23(55)67-21-35-37(69-25(3)57)39(71-27(5)59)41(73-29(7)61)45(75-35)65-15-13-53-19-31(49-51-53)17-47-43(63)33-11-9-10-12-34(33)44(64)48-18-32-20-54(52-50-32)14-16-66-46-42(74-30(8)62)40(72-28(6)60)38(70-26(4)58)36(76-46)22-68-24(2)56/h9-12,19-20,35-42,45-46H,13-18,21-22H2,1-8H3,(H,47,63)(H,48,64)/t35-,36-,37-,38-,39+,40+,41-,42-,45-,46-/m1/s1. The number of nitrogens with one attached hydrogen (secondary N) is 2. The second-order valence-electron chi connectivity index (χ2n) is 16.7. The van der Waals surface area contributed by atoms with E-state index in [0.29, 0.717) is 11.4 Å². The van der Waals surface area contributed by atoms with Gasteiger partial charge in [-0.1, -0.05) is 22.6 Å². The number of rotatable bonds is 24. The van der Waals surface area contributed by atoms with Crippen LogP contribution in [0.4, 0.5) is 0 Å². The summed E-state index contributed by atoms with van der Waals surface area (Å²) < 4.78 is 69.0. The molecule has 0 aliphatic carbocycles. The van der Waals surface area contributed by atoms with E-state index >= 15 is 0 Å². The van der Waals surface area contributed by atoms with Crippen molar-refractivity contribution in [3.8, 4) is 0 Å². The summed E-state index contributed by atoms with van der Waals surface area (Å²) in [4.78, 5) is 123. The van der Waals surface area contributed by atoms with Crippen LogP contribution in [0.1, 0.15) is 87.5 Å².